The predicted octanol–water partition coefficient (Wildman–Crippen LogP) is 3.24. The molecular formula is C18H23N3O4. The summed E-state index contributed by atoms with van der Waals surface area (Å²) in [5.74, 6) is 2.09. The van der Waals surface area contributed by atoms with Crippen molar-refractivity contribution in [3.63, 3.8) is 0 Å². The molecule has 134 valence electrons. The van der Waals surface area contributed by atoms with Gasteiger partial charge < -0.3 is 19.3 Å². The number of carbonyl (C=O) groups is 1. The fourth-order valence-corrected chi connectivity index (χ4v) is 3.18. The molecule has 1 saturated carbocycles. The van der Waals surface area contributed by atoms with Gasteiger partial charge in [-0.1, -0.05) is 24.1 Å². The van der Waals surface area contributed by atoms with Gasteiger partial charge in [-0.25, -0.2) is 0 Å². The van der Waals surface area contributed by atoms with Gasteiger partial charge >= 0.3 is 0 Å². The molecule has 7 nitrogen and oxygen atoms in total. The van der Waals surface area contributed by atoms with Crippen molar-refractivity contribution < 1.29 is 18.8 Å². The largest absolute Gasteiger partial charge is 0.496 e. The zero-order valence-corrected chi connectivity index (χ0v) is 14.7. The average Bonchev–Trinajstić information content (AvgIpc) is 3.31. The molecule has 2 aromatic rings. The number of nitrogens with one attached hydrogen (secondary N) is 1. The van der Waals surface area contributed by atoms with E-state index >= 15 is 0 Å². The molecule has 0 spiro atoms. The lowest BCUT2D eigenvalue weighted by Crippen LogP contribution is -2.27. The molecule has 1 amide bonds. The molecule has 3 rings (SSSR count). The van der Waals surface area contributed by atoms with Crippen LogP contribution in [0.4, 0.5) is 0 Å². The number of methoxy groups -OCH3 is 2. The van der Waals surface area contributed by atoms with Crippen LogP contribution in [0.5, 0.6) is 11.5 Å². The predicted molar refractivity (Wildman–Crippen MR) is 90.9 cm³/mol. The molecule has 1 fully saturated rings. The molecule has 1 N–H and O–H groups in total. The van der Waals surface area contributed by atoms with Crippen molar-refractivity contribution in [2.75, 3.05) is 14.2 Å². The Hall–Kier alpha value is -2.57. The van der Waals surface area contributed by atoms with Crippen molar-refractivity contribution in [1.29, 1.82) is 0 Å². The van der Waals surface area contributed by atoms with Gasteiger partial charge in [0.05, 0.1) is 14.2 Å². The molecule has 1 aromatic heterocycles. The average molecular weight is 345 g/mol. The van der Waals surface area contributed by atoms with Gasteiger partial charge in [-0.15, -0.1) is 0 Å². The van der Waals surface area contributed by atoms with E-state index in [1.54, 1.807) is 18.2 Å². The maximum atomic E-state index is 12.7. The summed E-state index contributed by atoms with van der Waals surface area (Å²) in [6.07, 6.45) is 4.60. The van der Waals surface area contributed by atoms with E-state index < -0.39 is 6.04 Å². The van der Waals surface area contributed by atoms with E-state index in [1.807, 2.05) is 6.92 Å². The summed E-state index contributed by atoms with van der Waals surface area (Å²) in [6.45, 7) is 1.81. The third-order valence-corrected chi connectivity index (χ3v) is 4.55. The second-order valence-electron chi connectivity index (χ2n) is 6.20. The smallest absolute Gasteiger partial charge is 0.259 e. The van der Waals surface area contributed by atoms with Crippen molar-refractivity contribution in [2.45, 2.75) is 44.6 Å². The lowest BCUT2D eigenvalue weighted by molar-refractivity contribution is 0.0926. The molecule has 1 heterocycles. The van der Waals surface area contributed by atoms with Crippen molar-refractivity contribution in [1.82, 2.24) is 15.5 Å². The van der Waals surface area contributed by atoms with Crippen molar-refractivity contribution >= 4 is 5.91 Å². The number of ether oxygens (including phenoxy) is 2. The minimum Gasteiger partial charge on any atom is -0.496 e. The Labute approximate surface area is 146 Å². The van der Waals surface area contributed by atoms with Gasteiger partial charge in [0.15, 0.2) is 5.82 Å². The molecule has 25 heavy (non-hydrogen) atoms. The first kappa shape index (κ1) is 17.3. The zero-order chi connectivity index (χ0) is 17.8. The number of aromatic nitrogens is 2. The van der Waals surface area contributed by atoms with Crippen molar-refractivity contribution in [2.24, 2.45) is 0 Å². The number of amides is 1. The SMILES string of the molecule is COc1cccc(OC)c1C(=O)NC(C)c1nc(C2CCCC2)no1. The Morgan fingerprint density at radius 1 is 1.24 bits per heavy atom. The van der Waals surface area contributed by atoms with Crippen LogP contribution < -0.4 is 14.8 Å². The van der Waals surface area contributed by atoms with Crippen molar-refractivity contribution in [3.8, 4) is 11.5 Å². The summed E-state index contributed by atoms with van der Waals surface area (Å²) in [7, 11) is 3.03. The number of nitrogens with zero attached hydrogens (tertiary/aromatic N) is 2. The summed E-state index contributed by atoms with van der Waals surface area (Å²) < 4.78 is 15.9. The maximum absolute atomic E-state index is 12.7. The second-order valence-corrected chi connectivity index (χ2v) is 6.20. The molecule has 0 saturated heterocycles. The third kappa shape index (κ3) is 3.60. The standard InChI is InChI=1S/C18H23N3O4/c1-11(18-20-16(21-25-18)12-7-4-5-8-12)19-17(22)15-13(23-2)9-6-10-14(15)24-3/h6,9-12H,4-5,7-8H2,1-3H3,(H,19,22). The summed E-state index contributed by atoms with van der Waals surface area (Å²) in [6, 6.07) is 4.79. The number of benzene rings is 1. The quantitative estimate of drug-likeness (QED) is 0.865. The molecule has 1 atom stereocenters. The number of hydrogen-bond donors (Lipinski definition) is 1. The summed E-state index contributed by atoms with van der Waals surface area (Å²) in [5, 5.41) is 6.95. The lowest BCUT2D eigenvalue weighted by Gasteiger charge is -2.15. The van der Waals surface area contributed by atoms with Crippen LogP contribution in [-0.2, 0) is 0 Å². The maximum Gasteiger partial charge on any atom is 0.259 e. The van der Waals surface area contributed by atoms with Gasteiger partial charge in [0.1, 0.15) is 23.1 Å². The Kier molecular flexibility index (Phi) is 5.21. The van der Waals surface area contributed by atoms with Crippen LogP contribution in [0, 0.1) is 0 Å². The first-order valence-corrected chi connectivity index (χ1v) is 8.49. The molecule has 0 radical (unpaired) electrons. The number of hydrogen-bond acceptors (Lipinski definition) is 6. The monoisotopic (exact) mass is 345 g/mol. The molecule has 0 aliphatic heterocycles. The van der Waals surface area contributed by atoms with E-state index in [1.165, 1.54) is 27.1 Å². The molecule has 1 aliphatic carbocycles. The topological polar surface area (TPSA) is 86.5 Å². The van der Waals surface area contributed by atoms with E-state index in [9.17, 15) is 4.79 Å². The Balaban J connectivity index is 1.75. The van der Waals surface area contributed by atoms with Crippen LogP contribution >= 0.6 is 0 Å². The minimum atomic E-state index is -0.412. The highest BCUT2D eigenvalue weighted by molar-refractivity contribution is 5.99. The lowest BCUT2D eigenvalue weighted by atomic mass is 10.1. The van der Waals surface area contributed by atoms with E-state index in [0.717, 1.165) is 18.7 Å². The van der Waals surface area contributed by atoms with Crippen LogP contribution in [0.15, 0.2) is 22.7 Å². The van der Waals surface area contributed by atoms with Gasteiger partial charge in [-0.2, -0.15) is 4.98 Å². The van der Waals surface area contributed by atoms with Crippen LogP contribution in [0.2, 0.25) is 0 Å². The summed E-state index contributed by atoms with van der Waals surface area (Å²) in [4.78, 5) is 17.2. The molecular weight excluding hydrogens is 322 g/mol. The van der Waals surface area contributed by atoms with Crippen LogP contribution in [0.1, 0.15) is 66.6 Å². The van der Waals surface area contributed by atoms with Gasteiger partial charge in [-0.3, -0.25) is 4.79 Å². The van der Waals surface area contributed by atoms with E-state index in [0.29, 0.717) is 28.9 Å². The van der Waals surface area contributed by atoms with E-state index in [4.69, 9.17) is 14.0 Å². The van der Waals surface area contributed by atoms with Crippen molar-refractivity contribution in [3.05, 3.63) is 35.5 Å². The van der Waals surface area contributed by atoms with Gasteiger partial charge in [0.25, 0.3) is 5.91 Å². The first-order valence-electron chi connectivity index (χ1n) is 8.49. The Bertz CT molecular complexity index is 715. The summed E-state index contributed by atoms with van der Waals surface area (Å²) in [5.41, 5.74) is 0.342. The second kappa shape index (κ2) is 7.55. The fourth-order valence-electron chi connectivity index (χ4n) is 3.18. The molecule has 1 unspecified atom stereocenters. The van der Waals surface area contributed by atoms with Gasteiger partial charge in [0.2, 0.25) is 5.89 Å². The molecule has 1 aliphatic rings. The minimum absolute atomic E-state index is 0.317. The Morgan fingerprint density at radius 2 is 1.88 bits per heavy atom. The molecule has 7 heteroatoms. The van der Waals surface area contributed by atoms with Crippen LogP contribution in [0.3, 0.4) is 0 Å². The molecule has 1 aromatic carbocycles. The highest BCUT2D eigenvalue weighted by atomic mass is 16.5. The third-order valence-electron chi connectivity index (χ3n) is 4.55. The first-order chi connectivity index (χ1) is 12.1. The van der Waals surface area contributed by atoms with E-state index in [2.05, 4.69) is 15.5 Å². The summed E-state index contributed by atoms with van der Waals surface area (Å²) >= 11 is 0. The zero-order valence-electron chi connectivity index (χ0n) is 14.7. The van der Waals surface area contributed by atoms with E-state index in [-0.39, 0.29) is 5.91 Å². The van der Waals surface area contributed by atoms with Crippen LogP contribution in [-0.4, -0.2) is 30.3 Å². The number of carbonyl (C=O) groups excluding carboxylic acids is 1. The van der Waals surface area contributed by atoms with Gasteiger partial charge in [0, 0.05) is 5.92 Å². The van der Waals surface area contributed by atoms with Gasteiger partial charge in [-0.05, 0) is 31.9 Å². The fraction of sp³-hybridized carbons (Fsp3) is 0.500. The van der Waals surface area contributed by atoms with Crippen LogP contribution in [0.25, 0.3) is 0 Å². The Morgan fingerprint density at radius 3 is 2.48 bits per heavy atom. The highest BCUT2D eigenvalue weighted by Crippen LogP contribution is 2.33. The highest BCUT2D eigenvalue weighted by Gasteiger charge is 2.26. The normalized spacial score (nSPS) is 15.8. The molecule has 0 bridgehead atoms. The number of rotatable bonds is 6.